The fourth-order valence-electron chi connectivity index (χ4n) is 2.83. The third-order valence-corrected chi connectivity index (χ3v) is 3.82. The first kappa shape index (κ1) is 16.2. The van der Waals surface area contributed by atoms with Crippen molar-refractivity contribution in [3.05, 3.63) is 52.9 Å². The Morgan fingerprint density at radius 2 is 2.25 bits per heavy atom. The van der Waals surface area contributed by atoms with Crippen LogP contribution in [0.3, 0.4) is 0 Å². The molecule has 2 aromatic rings. The molecule has 0 amide bonds. The number of carbonyl (C=O) groups is 1. The summed E-state index contributed by atoms with van der Waals surface area (Å²) in [5, 5.41) is 13.2. The van der Waals surface area contributed by atoms with Crippen LogP contribution in [0.2, 0.25) is 0 Å². The standard InChI is InChI=1S/C17H16F2N2O3/c1-2-24-13-8-4-7-12-14(16(18)19)20-21(15(12)13)11-6-3-5-10(9-11)17(22)23/h3,5-6,8-9,16H,2,4,7H2,1H3,(H,22,23). The van der Waals surface area contributed by atoms with Gasteiger partial charge in [0.25, 0.3) is 6.43 Å². The van der Waals surface area contributed by atoms with E-state index < -0.39 is 12.4 Å². The van der Waals surface area contributed by atoms with Crippen LogP contribution in [-0.2, 0) is 11.2 Å². The van der Waals surface area contributed by atoms with Crippen LogP contribution in [0.15, 0.2) is 30.3 Å². The topological polar surface area (TPSA) is 64.4 Å². The molecule has 3 rings (SSSR count). The van der Waals surface area contributed by atoms with Crippen LogP contribution in [0.1, 0.15) is 47.1 Å². The maximum atomic E-state index is 13.4. The number of ether oxygens (including phenoxy) is 1. The van der Waals surface area contributed by atoms with Gasteiger partial charge in [0, 0.05) is 5.56 Å². The van der Waals surface area contributed by atoms with E-state index in [4.69, 9.17) is 9.84 Å². The number of alkyl halides is 2. The van der Waals surface area contributed by atoms with Crippen LogP contribution in [-0.4, -0.2) is 27.5 Å². The summed E-state index contributed by atoms with van der Waals surface area (Å²) in [6.45, 7) is 2.21. The normalized spacial score (nSPS) is 13.6. The van der Waals surface area contributed by atoms with E-state index >= 15 is 0 Å². The monoisotopic (exact) mass is 334 g/mol. The van der Waals surface area contributed by atoms with Crippen molar-refractivity contribution in [2.75, 3.05) is 6.61 Å². The molecule has 0 spiro atoms. The minimum Gasteiger partial charge on any atom is -0.492 e. The lowest BCUT2D eigenvalue weighted by molar-refractivity contribution is 0.0696. The van der Waals surface area contributed by atoms with E-state index in [0.29, 0.717) is 42.2 Å². The molecular formula is C17H16F2N2O3. The van der Waals surface area contributed by atoms with Gasteiger partial charge in [0.1, 0.15) is 17.1 Å². The molecule has 0 unspecified atom stereocenters. The van der Waals surface area contributed by atoms with Crippen LogP contribution in [0.4, 0.5) is 8.78 Å². The molecule has 24 heavy (non-hydrogen) atoms. The molecule has 0 atom stereocenters. The van der Waals surface area contributed by atoms with E-state index in [0.717, 1.165) is 0 Å². The maximum absolute atomic E-state index is 13.4. The van der Waals surface area contributed by atoms with E-state index in [9.17, 15) is 13.6 Å². The minimum atomic E-state index is -2.70. The van der Waals surface area contributed by atoms with E-state index in [1.807, 2.05) is 13.0 Å². The Bertz CT molecular complexity index is 812. The molecule has 1 aromatic carbocycles. The SMILES string of the molecule is CCOC1=CCCc2c(C(F)F)nn(-c3cccc(C(=O)O)c3)c21. The fraction of sp³-hybridized carbons (Fsp3) is 0.294. The van der Waals surface area contributed by atoms with Gasteiger partial charge >= 0.3 is 5.97 Å². The summed E-state index contributed by atoms with van der Waals surface area (Å²) >= 11 is 0. The first-order valence-electron chi connectivity index (χ1n) is 7.60. The van der Waals surface area contributed by atoms with Crippen LogP contribution in [0.5, 0.6) is 0 Å². The molecule has 126 valence electrons. The Labute approximate surface area is 137 Å². The summed E-state index contributed by atoms with van der Waals surface area (Å²) in [5.41, 5.74) is 1.12. The Morgan fingerprint density at radius 3 is 2.92 bits per heavy atom. The first-order chi connectivity index (χ1) is 11.5. The van der Waals surface area contributed by atoms with Gasteiger partial charge in [-0.2, -0.15) is 5.10 Å². The van der Waals surface area contributed by atoms with E-state index in [-0.39, 0.29) is 11.3 Å². The van der Waals surface area contributed by atoms with Gasteiger partial charge in [-0.3, -0.25) is 0 Å². The highest BCUT2D eigenvalue weighted by Gasteiger charge is 2.29. The molecule has 0 saturated carbocycles. The Hall–Kier alpha value is -2.70. The zero-order chi connectivity index (χ0) is 17.3. The number of aromatic carboxylic acids is 1. The number of allylic oxidation sites excluding steroid dienone is 1. The highest BCUT2D eigenvalue weighted by Crippen LogP contribution is 2.35. The Morgan fingerprint density at radius 1 is 1.46 bits per heavy atom. The first-order valence-corrected chi connectivity index (χ1v) is 7.60. The summed E-state index contributed by atoms with van der Waals surface area (Å²) in [4.78, 5) is 11.2. The molecule has 1 N–H and O–H groups in total. The molecule has 0 saturated heterocycles. The number of hydrogen-bond donors (Lipinski definition) is 1. The lowest BCUT2D eigenvalue weighted by Crippen LogP contribution is -2.09. The molecule has 0 fully saturated rings. The molecule has 0 aliphatic heterocycles. The lowest BCUT2D eigenvalue weighted by Gasteiger charge is -2.17. The van der Waals surface area contributed by atoms with Gasteiger partial charge < -0.3 is 9.84 Å². The van der Waals surface area contributed by atoms with Crippen molar-refractivity contribution in [1.29, 1.82) is 0 Å². The van der Waals surface area contributed by atoms with Crippen molar-refractivity contribution in [3.63, 3.8) is 0 Å². The summed E-state index contributed by atoms with van der Waals surface area (Å²) in [7, 11) is 0. The van der Waals surface area contributed by atoms with Crippen molar-refractivity contribution in [1.82, 2.24) is 9.78 Å². The second kappa shape index (κ2) is 6.43. The van der Waals surface area contributed by atoms with Crippen LogP contribution in [0, 0.1) is 0 Å². The molecule has 1 heterocycles. The minimum absolute atomic E-state index is 0.0631. The Kier molecular flexibility index (Phi) is 4.33. The number of halogens is 2. The average Bonchev–Trinajstić information content (AvgIpc) is 2.96. The number of nitrogens with zero attached hydrogens (tertiary/aromatic N) is 2. The number of benzene rings is 1. The molecule has 0 radical (unpaired) electrons. The number of hydrogen-bond acceptors (Lipinski definition) is 3. The Balaban J connectivity index is 2.20. The summed E-state index contributed by atoms with van der Waals surface area (Å²) in [6, 6.07) is 6.03. The third-order valence-electron chi connectivity index (χ3n) is 3.82. The summed E-state index contributed by atoms with van der Waals surface area (Å²) < 4.78 is 33.7. The second-order valence-electron chi connectivity index (χ2n) is 5.32. The molecule has 7 heteroatoms. The van der Waals surface area contributed by atoms with Crippen molar-refractivity contribution in [3.8, 4) is 5.69 Å². The number of fused-ring (bicyclic) bond motifs is 1. The molecule has 1 aliphatic carbocycles. The van der Waals surface area contributed by atoms with E-state index in [2.05, 4.69) is 5.10 Å². The quantitative estimate of drug-likeness (QED) is 0.902. The van der Waals surface area contributed by atoms with Gasteiger partial charge in [-0.1, -0.05) is 6.07 Å². The number of rotatable bonds is 5. The summed E-state index contributed by atoms with van der Waals surface area (Å²) in [6.07, 6.45) is 0.191. The smallest absolute Gasteiger partial charge is 0.335 e. The van der Waals surface area contributed by atoms with Gasteiger partial charge in [-0.05, 0) is 44.0 Å². The number of carboxylic acid groups (broad SMARTS) is 1. The van der Waals surface area contributed by atoms with Crippen molar-refractivity contribution >= 4 is 11.7 Å². The zero-order valence-electron chi connectivity index (χ0n) is 13.0. The van der Waals surface area contributed by atoms with Crippen LogP contribution >= 0.6 is 0 Å². The van der Waals surface area contributed by atoms with Crippen molar-refractivity contribution in [2.24, 2.45) is 0 Å². The van der Waals surface area contributed by atoms with Crippen LogP contribution < -0.4 is 0 Å². The highest BCUT2D eigenvalue weighted by molar-refractivity contribution is 5.88. The van der Waals surface area contributed by atoms with Crippen molar-refractivity contribution < 1.29 is 23.4 Å². The number of aromatic nitrogens is 2. The molecule has 1 aromatic heterocycles. The maximum Gasteiger partial charge on any atom is 0.335 e. The summed E-state index contributed by atoms with van der Waals surface area (Å²) in [5.74, 6) is -0.591. The van der Waals surface area contributed by atoms with Gasteiger partial charge in [0.2, 0.25) is 0 Å². The largest absolute Gasteiger partial charge is 0.492 e. The molecular weight excluding hydrogens is 318 g/mol. The van der Waals surface area contributed by atoms with Crippen LogP contribution in [0.25, 0.3) is 11.4 Å². The van der Waals surface area contributed by atoms with Gasteiger partial charge in [-0.25, -0.2) is 18.3 Å². The molecule has 1 aliphatic rings. The van der Waals surface area contributed by atoms with Gasteiger partial charge in [-0.15, -0.1) is 0 Å². The molecule has 5 nitrogen and oxygen atoms in total. The molecule has 0 bridgehead atoms. The lowest BCUT2D eigenvalue weighted by atomic mass is 10.00. The number of carboxylic acids is 1. The highest BCUT2D eigenvalue weighted by atomic mass is 19.3. The van der Waals surface area contributed by atoms with Crippen molar-refractivity contribution in [2.45, 2.75) is 26.2 Å². The van der Waals surface area contributed by atoms with E-state index in [1.165, 1.54) is 16.8 Å². The third kappa shape index (κ3) is 2.77. The predicted molar refractivity (Wildman–Crippen MR) is 83.4 cm³/mol. The van der Waals surface area contributed by atoms with Gasteiger partial charge in [0.05, 0.1) is 17.9 Å². The second-order valence-corrected chi connectivity index (χ2v) is 5.32. The zero-order valence-corrected chi connectivity index (χ0v) is 13.0. The predicted octanol–water partition coefficient (Wildman–Crippen LogP) is 3.83. The fourth-order valence-corrected chi connectivity index (χ4v) is 2.83. The average molecular weight is 334 g/mol. The van der Waals surface area contributed by atoms with Gasteiger partial charge in [0.15, 0.2) is 0 Å². The van der Waals surface area contributed by atoms with E-state index in [1.54, 1.807) is 12.1 Å².